The van der Waals surface area contributed by atoms with Gasteiger partial charge in [0.15, 0.2) is 0 Å². The molecule has 12 nitrogen and oxygen atoms in total. The van der Waals surface area contributed by atoms with Crippen LogP contribution in [0.3, 0.4) is 0 Å². The van der Waals surface area contributed by atoms with Crippen molar-refractivity contribution in [3.63, 3.8) is 0 Å². The van der Waals surface area contributed by atoms with Crippen LogP contribution in [0.15, 0.2) is 0 Å². The van der Waals surface area contributed by atoms with Gasteiger partial charge in [0.1, 0.15) is 6.61 Å². The molecule has 1 aromatic rings. The van der Waals surface area contributed by atoms with Crippen LogP contribution in [-0.4, -0.2) is 107 Å². The number of nitrogens with one attached hydrogen (secondary N) is 2. The first kappa shape index (κ1) is 39.8. The minimum atomic E-state index is -6.12. The summed E-state index contributed by atoms with van der Waals surface area (Å²) < 4.78 is 125. The van der Waals surface area contributed by atoms with Crippen molar-refractivity contribution in [2.45, 2.75) is 37.7 Å². The number of aliphatic hydroxyl groups is 6. The largest absolute Gasteiger partial charge is 0.419 e. The fourth-order valence-corrected chi connectivity index (χ4v) is 3.49. The quantitative estimate of drug-likeness (QED) is 0.109. The molecule has 0 bridgehead atoms. The summed E-state index contributed by atoms with van der Waals surface area (Å²) in [4.78, 5) is 33.6. The van der Waals surface area contributed by atoms with Gasteiger partial charge in [0.25, 0.3) is 11.8 Å². The summed E-state index contributed by atoms with van der Waals surface area (Å²) >= 11 is 0. The number of halogens is 9. The van der Waals surface area contributed by atoms with Gasteiger partial charge in [-0.15, -0.1) is 0 Å². The highest BCUT2D eigenvalue weighted by Crippen LogP contribution is 2.52. The van der Waals surface area contributed by atoms with Crippen LogP contribution < -0.4 is 15.5 Å². The second kappa shape index (κ2) is 16.6. The number of amides is 3. The molecule has 2 unspecified atom stereocenters. The normalized spacial score (nSPS) is 13.4. The maximum absolute atomic E-state index is 14.1. The molecule has 2 atom stereocenters. The highest BCUT2D eigenvalue weighted by Gasteiger charge is 2.52. The molecule has 1 rings (SSSR count). The summed E-state index contributed by atoms with van der Waals surface area (Å²) in [5.74, 6) is -4.08. The van der Waals surface area contributed by atoms with E-state index in [2.05, 4.69) is 5.32 Å². The molecule has 0 aliphatic carbocycles. The van der Waals surface area contributed by atoms with E-state index in [1.807, 2.05) is 0 Å². The number of anilines is 1. The fourth-order valence-electron chi connectivity index (χ4n) is 3.49. The molecule has 0 radical (unpaired) electrons. The van der Waals surface area contributed by atoms with Crippen molar-refractivity contribution in [3.8, 4) is 0 Å². The second-order valence-electron chi connectivity index (χ2n) is 8.30. The molecule has 0 aliphatic heterocycles. The molecule has 0 saturated carbocycles. The Balaban J connectivity index is 0.00000192. The molecule has 1 aromatic carbocycles. The number of carbonyl (C=O) groups excluding carboxylic acids is 3. The first-order chi connectivity index (χ1) is 19.6. The summed E-state index contributed by atoms with van der Waals surface area (Å²) in [6, 6.07) is 0. The molecular formula is C22H28F9N3O9. The molecule has 0 heterocycles. The molecule has 43 heavy (non-hydrogen) atoms. The van der Waals surface area contributed by atoms with Crippen LogP contribution in [0, 0.1) is 6.92 Å². The summed E-state index contributed by atoms with van der Waals surface area (Å²) in [5, 5.41) is 56.5. The van der Waals surface area contributed by atoms with Crippen molar-refractivity contribution >= 4 is 23.9 Å². The first-order valence-corrected chi connectivity index (χ1v) is 11.6. The topological polar surface area (TPSA) is 200 Å². The number of carbonyl (C=O) groups is 3. The fraction of sp³-hybridized carbons (Fsp3) is 0.591. The molecule has 0 fully saturated rings. The maximum atomic E-state index is 14.1. The van der Waals surface area contributed by atoms with Crippen LogP contribution in [0.25, 0.3) is 0 Å². The number of hydrogen-bond acceptors (Lipinski definition) is 9. The van der Waals surface area contributed by atoms with Crippen molar-refractivity contribution in [3.05, 3.63) is 27.8 Å². The Morgan fingerprint density at radius 3 is 1.65 bits per heavy atom. The minimum absolute atomic E-state index is 0.111. The van der Waals surface area contributed by atoms with Gasteiger partial charge in [-0.3, -0.25) is 14.4 Å². The van der Waals surface area contributed by atoms with Crippen molar-refractivity contribution < 1.29 is 84.5 Å². The van der Waals surface area contributed by atoms with Gasteiger partial charge in [-0.25, -0.2) is 0 Å². The SMILES string of the molecule is Cc1c(C(F)(F)F)c(C(=O)NCC(O)CO)c(C(F)(F)F)c(N(CCO)C(=O)CO)c1C(F)(F)F.O=CNCC(O)CO. The third-order valence-electron chi connectivity index (χ3n) is 5.19. The van der Waals surface area contributed by atoms with Crippen LogP contribution in [0.4, 0.5) is 45.2 Å². The van der Waals surface area contributed by atoms with Gasteiger partial charge in [0.05, 0.1) is 60.0 Å². The van der Waals surface area contributed by atoms with Gasteiger partial charge in [-0.1, -0.05) is 0 Å². The Hall–Kier alpha value is -3.24. The van der Waals surface area contributed by atoms with E-state index in [1.165, 1.54) is 5.32 Å². The minimum Gasteiger partial charge on any atom is -0.395 e. The van der Waals surface area contributed by atoms with Crippen molar-refractivity contribution in [1.82, 2.24) is 10.6 Å². The van der Waals surface area contributed by atoms with E-state index in [0.717, 1.165) is 0 Å². The monoisotopic (exact) mass is 649 g/mol. The number of benzene rings is 1. The lowest BCUT2D eigenvalue weighted by molar-refractivity contribution is -0.149. The molecule has 3 amide bonds. The molecular weight excluding hydrogens is 621 g/mol. The number of nitrogens with zero attached hydrogens (tertiary/aromatic N) is 1. The molecule has 0 aromatic heterocycles. The first-order valence-electron chi connectivity index (χ1n) is 11.6. The summed E-state index contributed by atoms with van der Waals surface area (Å²) in [6.45, 7) is -6.53. The Morgan fingerprint density at radius 2 is 1.28 bits per heavy atom. The van der Waals surface area contributed by atoms with Gasteiger partial charge in [-0.05, 0) is 12.5 Å². The van der Waals surface area contributed by atoms with E-state index in [0.29, 0.717) is 6.41 Å². The Morgan fingerprint density at radius 1 is 0.814 bits per heavy atom. The lowest BCUT2D eigenvalue weighted by atomic mass is 9.87. The summed E-state index contributed by atoms with van der Waals surface area (Å²) in [5.41, 5.74) is -14.5. The summed E-state index contributed by atoms with van der Waals surface area (Å²) in [6.07, 6.45) is -20.2. The Kier molecular flexibility index (Phi) is 15.3. The van der Waals surface area contributed by atoms with E-state index in [-0.39, 0.29) is 20.1 Å². The third kappa shape index (κ3) is 11.1. The van der Waals surface area contributed by atoms with E-state index in [1.54, 1.807) is 0 Å². The van der Waals surface area contributed by atoms with Gasteiger partial charge in [0, 0.05) is 19.6 Å². The van der Waals surface area contributed by atoms with Gasteiger partial charge in [-0.2, -0.15) is 39.5 Å². The number of alkyl halides is 9. The van der Waals surface area contributed by atoms with Crippen molar-refractivity contribution in [1.29, 1.82) is 0 Å². The van der Waals surface area contributed by atoms with Gasteiger partial charge >= 0.3 is 18.5 Å². The molecule has 248 valence electrons. The average molecular weight is 649 g/mol. The van der Waals surface area contributed by atoms with Crippen LogP contribution >= 0.6 is 0 Å². The number of hydrogen-bond donors (Lipinski definition) is 8. The van der Waals surface area contributed by atoms with Crippen LogP contribution in [-0.2, 0) is 28.1 Å². The maximum Gasteiger partial charge on any atom is 0.419 e. The zero-order valence-electron chi connectivity index (χ0n) is 21.9. The van der Waals surface area contributed by atoms with E-state index in [4.69, 9.17) is 25.5 Å². The number of rotatable bonds is 12. The number of aliphatic hydroxyl groups excluding tert-OH is 6. The molecule has 0 spiro atoms. The molecule has 0 saturated heterocycles. The van der Waals surface area contributed by atoms with E-state index < -0.39 is 114 Å². The Bertz CT molecular complexity index is 1100. The third-order valence-corrected chi connectivity index (χ3v) is 5.19. The highest BCUT2D eigenvalue weighted by atomic mass is 19.4. The van der Waals surface area contributed by atoms with Crippen molar-refractivity contribution in [2.75, 3.05) is 51.0 Å². The van der Waals surface area contributed by atoms with Crippen LogP contribution in [0.2, 0.25) is 0 Å². The zero-order chi connectivity index (χ0) is 33.9. The van der Waals surface area contributed by atoms with Crippen molar-refractivity contribution in [2.24, 2.45) is 0 Å². The van der Waals surface area contributed by atoms with Gasteiger partial charge < -0.3 is 46.2 Å². The summed E-state index contributed by atoms with van der Waals surface area (Å²) in [7, 11) is 0. The molecule has 21 heteroatoms. The van der Waals surface area contributed by atoms with Gasteiger partial charge in [0.2, 0.25) is 6.41 Å². The second-order valence-corrected chi connectivity index (χ2v) is 8.30. The van der Waals surface area contributed by atoms with E-state index >= 15 is 0 Å². The lowest BCUT2D eigenvalue weighted by Gasteiger charge is -2.32. The standard InChI is InChI=1S/C18H19F9N2O6.C4H9NO3/c1-7-11(16(19,20)21)10(15(35)28-4-8(33)5-31)13(18(25,26)27)14(12(7)17(22,23)24)29(2-3-30)9(34)6-32;6-2-4(8)1-5-3-7/h8,30-33H,2-6H2,1H3,(H,28,35);3-4,6,8H,1-2H2,(H,5,7). The molecule has 0 aliphatic rings. The smallest absolute Gasteiger partial charge is 0.395 e. The Labute approximate surface area is 236 Å². The van der Waals surface area contributed by atoms with E-state index in [9.17, 15) is 59.0 Å². The predicted octanol–water partition coefficient (Wildman–Crippen LogP) is -0.462. The van der Waals surface area contributed by atoms with Crippen LogP contribution in [0.1, 0.15) is 32.6 Å². The average Bonchev–Trinajstić information content (AvgIpc) is 2.89. The van der Waals surface area contributed by atoms with Crippen LogP contribution in [0.5, 0.6) is 0 Å². The predicted molar refractivity (Wildman–Crippen MR) is 125 cm³/mol. The lowest BCUT2D eigenvalue weighted by Crippen LogP contribution is -2.41. The zero-order valence-corrected chi connectivity index (χ0v) is 21.9. The highest BCUT2D eigenvalue weighted by molar-refractivity contribution is 6.03. The molecule has 8 N–H and O–H groups in total.